The van der Waals surface area contributed by atoms with E-state index in [1.54, 1.807) is 42.5 Å². The van der Waals surface area contributed by atoms with Crippen molar-refractivity contribution in [3.63, 3.8) is 0 Å². The largest absolute Gasteiger partial charge is 0.484 e. The molecule has 3 amide bonds. The van der Waals surface area contributed by atoms with Crippen molar-refractivity contribution < 1.29 is 19.1 Å². The number of ether oxygens (including phenoxy) is 1. The van der Waals surface area contributed by atoms with Crippen LogP contribution in [0.25, 0.3) is 0 Å². The van der Waals surface area contributed by atoms with Gasteiger partial charge in [-0.25, -0.2) is 0 Å². The first-order chi connectivity index (χ1) is 14.9. The zero-order valence-corrected chi connectivity index (χ0v) is 17.3. The number of hydrazine groups is 1. The summed E-state index contributed by atoms with van der Waals surface area (Å²) in [6.45, 7) is 3.56. The van der Waals surface area contributed by atoms with Gasteiger partial charge < -0.3 is 10.1 Å². The normalized spacial score (nSPS) is 10.1. The van der Waals surface area contributed by atoms with Crippen LogP contribution in [0, 0.1) is 13.8 Å². The third-order valence-electron chi connectivity index (χ3n) is 4.47. The smallest absolute Gasteiger partial charge is 0.276 e. The maximum atomic E-state index is 12.4. The summed E-state index contributed by atoms with van der Waals surface area (Å²) in [5.41, 5.74) is 8.00. The molecule has 3 rings (SSSR count). The topological polar surface area (TPSA) is 96.5 Å². The Labute approximate surface area is 180 Å². The first kappa shape index (κ1) is 21.6. The highest BCUT2D eigenvalue weighted by Gasteiger charge is 2.11. The molecule has 3 aromatic rings. The second-order valence-corrected chi connectivity index (χ2v) is 6.95. The van der Waals surface area contributed by atoms with E-state index in [0.29, 0.717) is 22.6 Å². The molecule has 0 aliphatic carbocycles. The second-order valence-electron chi connectivity index (χ2n) is 6.95. The van der Waals surface area contributed by atoms with Gasteiger partial charge in [-0.15, -0.1) is 0 Å². The van der Waals surface area contributed by atoms with E-state index in [9.17, 15) is 14.4 Å². The highest BCUT2D eigenvalue weighted by Crippen LogP contribution is 2.14. The van der Waals surface area contributed by atoms with Gasteiger partial charge in [0.1, 0.15) is 5.75 Å². The molecule has 0 heterocycles. The monoisotopic (exact) mass is 417 g/mol. The van der Waals surface area contributed by atoms with Gasteiger partial charge in [0.2, 0.25) is 0 Å². The third kappa shape index (κ3) is 6.17. The first-order valence-electron chi connectivity index (χ1n) is 9.68. The Morgan fingerprint density at radius 2 is 1.55 bits per heavy atom. The van der Waals surface area contributed by atoms with E-state index in [0.717, 1.165) is 11.1 Å². The van der Waals surface area contributed by atoms with E-state index in [4.69, 9.17) is 4.74 Å². The Morgan fingerprint density at radius 1 is 0.806 bits per heavy atom. The van der Waals surface area contributed by atoms with Crippen LogP contribution in [0.5, 0.6) is 5.75 Å². The van der Waals surface area contributed by atoms with Crippen LogP contribution in [0.3, 0.4) is 0 Å². The first-order valence-corrected chi connectivity index (χ1v) is 9.68. The van der Waals surface area contributed by atoms with Gasteiger partial charge in [0.25, 0.3) is 17.7 Å². The molecule has 0 bridgehead atoms. The van der Waals surface area contributed by atoms with E-state index in [1.807, 2.05) is 44.2 Å². The number of anilines is 1. The molecule has 0 spiro atoms. The summed E-state index contributed by atoms with van der Waals surface area (Å²) in [6.07, 6.45) is 0. The summed E-state index contributed by atoms with van der Waals surface area (Å²) in [6, 6.07) is 20.9. The van der Waals surface area contributed by atoms with E-state index >= 15 is 0 Å². The molecule has 0 aliphatic rings. The number of hydrogen-bond donors (Lipinski definition) is 3. The summed E-state index contributed by atoms with van der Waals surface area (Å²) in [4.78, 5) is 36.5. The molecule has 3 aromatic carbocycles. The molecule has 0 unspecified atom stereocenters. The molecular weight excluding hydrogens is 394 g/mol. The van der Waals surface area contributed by atoms with Crippen molar-refractivity contribution in [1.29, 1.82) is 0 Å². The lowest BCUT2D eigenvalue weighted by molar-refractivity contribution is -0.123. The SMILES string of the molecule is Cc1cccc(OCC(=O)NNC(=O)c2ccc(NC(=O)c3ccccc3C)cc2)c1. The van der Waals surface area contributed by atoms with Gasteiger partial charge in [-0.3, -0.25) is 25.2 Å². The van der Waals surface area contributed by atoms with Crippen molar-refractivity contribution in [3.8, 4) is 5.75 Å². The molecule has 0 aromatic heterocycles. The zero-order chi connectivity index (χ0) is 22.2. The molecule has 0 aliphatic heterocycles. The van der Waals surface area contributed by atoms with Crippen LogP contribution >= 0.6 is 0 Å². The van der Waals surface area contributed by atoms with Crippen molar-refractivity contribution in [1.82, 2.24) is 10.9 Å². The average molecular weight is 417 g/mol. The van der Waals surface area contributed by atoms with Crippen LogP contribution in [0.1, 0.15) is 31.8 Å². The third-order valence-corrected chi connectivity index (χ3v) is 4.47. The molecule has 0 atom stereocenters. The van der Waals surface area contributed by atoms with E-state index in [1.165, 1.54) is 0 Å². The van der Waals surface area contributed by atoms with Crippen LogP contribution in [-0.4, -0.2) is 24.3 Å². The van der Waals surface area contributed by atoms with Crippen LogP contribution in [0.15, 0.2) is 72.8 Å². The summed E-state index contributed by atoms with van der Waals surface area (Å²) in [5, 5.41) is 2.79. The number of carbonyl (C=O) groups is 3. The summed E-state index contributed by atoms with van der Waals surface area (Å²) in [7, 11) is 0. The minimum absolute atomic E-state index is 0.226. The van der Waals surface area contributed by atoms with Crippen molar-refractivity contribution >= 4 is 23.4 Å². The van der Waals surface area contributed by atoms with Gasteiger partial charge in [-0.05, 0) is 67.4 Å². The molecule has 3 N–H and O–H groups in total. The van der Waals surface area contributed by atoms with Crippen LogP contribution in [0.4, 0.5) is 5.69 Å². The van der Waals surface area contributed by atoms with Crippen LogP contribution in [-0.2, 0) is 4.79 Å². The minimum atomic E-state index is -0.489. The Balaban J connectivity index is 1.48. The van der Waals surface area contributed by atoms with E-state index < -0.39 is 11.8 Å². The number of hydrogen-bond acceptors (Lipinski definition) is 4. The van der Waals surface area contributed by atoms with Crippen LogP contribution < -0.4 is 20.9 Å². The Bertz CT molecular complexity index is 1090. The maximum Gasteiger partial charge on any atom is 0.276 e. The lowest BCUT2D eigenvalue weighted by atomic mass is 10.1. The molecule has 158 valence electrons. The van der Waals surface area contributed by atoms with Crippen molar-refractivity contribution in [2.45, 2.75) is 13.8 Å². The molecule has 7 heteroatoms. The molecule has 7 nitrogen and oxygen atoms in total. The van der Waals surface area contributed by atoms with Crippen molar-refractivity contribution in [2.75, 3.05) is 11.9 Å². The predicted molar refractivity (Wildman–Crippen MR) is 118 cm³/mol. The molecule has 0 fully saturated rings. The minimum Gasteiger partial charge on any atom is -0.484 e. The maximum absolute atomic E-state index is 12.4. The fraction of sp³-hybridized carbons (Fsp3) is 0.125. The average Bonchev–Trinajstić information content (AvgIpc) is 2.77. The van der Waals surface area contributed by atoms with Gasteiger partial charge in [0.15, 0.2) is 6.61 Å². The lowest BCUT2D eigenvalue weighted by Crippen LogP contribution is -2.43. The Hall–Kier alpha value is -4.13. The van der Waals surface area contributed by atoms with Crippen molar-refractivity contribution in [3.05, 3.63) is 95.1 Å². The number of aryl methyl sites for hydroxylation is 2. The van der Waals surface area contributed by atoms with Gasteiger partial charge in [0, 0.05) is 16.8 Å². The highest BCUT2D eigenvalue weighted by molar-refractivity contribution is 6.05. The van der Waals surface area contributed by atoms with Gasteiger partial charge in [0.05, 0.1) is 0 Å². The Kier molecular flexibility index (Phi) is 7.01. The lowest BCUT2D eigenvalue weighted by Gasteiger charge is -2.10. The van der Waals surface area contributed by atoms with Crippen molar-refractivity contribution in [2.24, 2.45) is 0 Å². The highest BCUT2D eigenvalue weighted by atomic mass is 16.5. The van der Waals surface area contributed by atoms with E-state index in [-0.39, 0.29) is 12.5 Å². The number of carbonyl (C=O) groups excluding carboxylic acids is 3. The Morgan fingerprint density at radius 3 is 2.26 bits per heavy atom. The molecular formula is C24H23N3O4. The molecule has 0 radical (unpaired) electrons. The van der Waals surface area contributed by atoms with Gasteiger partial charge in [-0.2, -0.15) is 0 Å². The summed E-state index contributed by atoms with van der Waals surface area (Å²) < 4.78 is 5.38. The zero-order valence-electron chi connectivity index (χ0n) is 17.3. The fourth-order valence-corrected chi connectivity index (χ4v) is 2.82. The molecule has 0 saturated heterocycles. The standard InChI is InChI=1S/C24H23N3O4/c1-16-6-5-8-20(14-16)31-15-22(28)26-27-23(29)18-10-12-19(13-11-18)25-24(30)21-9-4-3-7-17(21)2/h3-14H,15H2,1-2H3,(H,25,30)(H,26,28)(H,27,29). The number of rotatable bonds is 6. The molecule has 31 heavy (non-hydrogen) atoms. The van der Waals surface area contributed by atoms with E-state index in [2.05, 4.69) is 16.2 Å². The number of amides is 3. The summed E-state index contributed by atoms with van der Waals surface area (Å²) >= 11 is 0. The predicted octanol–water partition coefficient (Wildman–Crippen LogP) is 3.40. The quantitative estimate of drug-likeness (QED) is 0.536. The fourth-order valence-electron chi connectivity index (χ4n) is 2.82. The van der Waals surface area contributed by atoms with Gasteiger partial charge >= 0.3 is 0 Å². The number of benzene rings is 3. The summed E-state index contributed by atoms with van der Waals surface area (Å²) in [5.74, 6) is -0.626. The van der Waals surface area contributed by atoms with Gasteiger partial charge in [-0.1, -0.05) is 30.3 Å². The van der Waals surface area contributed by atoms with Crippen LogP contribution in [0.2, 0.25) is 0 Å². The second kappa shape index (κ2) is 10.1. The molecule has 0 saturated carbocycles. The number of nitrogens with one attached hydrogen (secondary N) is 3.